The number of para-hydroxylation sites is 1. The molecule has 1 aromatic carbocycles. The number of fused-ring (bicyclic) bond motifs is 1. The fourth-order valence-electron chi connectivity index (χ4n) is 3.96. The lowest BCUT2D eigenvalue weighted by molar-refractivity contribution is 0.0990. The van der Waals surface area contributed by atoms with Crippen LogP contribution >= 0.6 is 0 Å². The highest BCUT2D eigenvalue weighted by atomic mass is 16.5. The van der Waals surface area contributed by atoms with E-state index in [0.717, 1.165) is 47.9 Å². The number of benzene rings is 1. The summed E-state index contributed by atoms with van der Waals surface area (Å²) in [6.07, 6.45) is 3.23. The molecule has 2 aliphatic rings. The number of nitrogens with one attached hydrogen (secondary N) is 1. The Morgan fingerprint density at radius 1 is 1.31 bits per heavy atom. The van der Waals surface area contributed by atoms with E-state index >= 15 is 0 Å². The van der Waals surface area contributed by atoms with E-state index in [9.17, 15) is 4.79 Å². The van der Waals surface area contributed by atoms with Gasteiger partial charge in [0.15, 0.2) is 0 Å². The second kappa shape index (κ2) is 7.83. The van der Waals surface area contributed by atoms with Crippen molar-refractivity contribution in [1.82, 2.24) is 15.3 Å². The molecule has 0 bridgehead atoms. The van der Waals surface area contributed by atoms with Crippen LogP contribution in [0.1, 0.15) is 40.8 Å². The van der Waals surface area contributed by atoms with Crippen LogP contribution in [0.25, 0.3) is 6.08 Å². The summed E-state index contributed by atoms with van der Waals surface area (Å²) in [6.45, 7) is 8.35. The van der Waals surface area contributed by atoms with Crippen LogP contribution in [-0.2, 0) is 0 Å². The summed E-state index contributed by atoms with van der Waals surface area (Å²) >= 11 is 0. The number of hydrogen-bond donors (Lipinski definition) is 2. The van der Waals surface area contributed by atoms with Crippen LogP contribution in [0.15, 0.2) is 29.8 Å². The van der Waals surface area contributed by atoms with E-state index in [1.54, 1.807) is 0 Å². The monoisotopic (exact) mass is 393 g/mol. The molecular formula is C22H27N5O2. The minimum Gasteiger partial charge on any atom is -0.489 e. The Hall–Kier alpha value is -2.93. The van der Waals surface area contributed by atoms with Crippen molar-refractivity contribution in [3.8, 4) is 5.75 Å². The first-order valence-electron chi connectivity index (χ1n) is 10.0. The van der Waals surface area contributed by atoms with E-state index in [0.29, 0.717) is 12.6 Å². The average molecular weight is 393 g/mol. The molecule has 0 saturated carbocycles. The van der Waals surface area contributed by atoms with Crippen LogP contribution in [0.3, 0.4) is 0 Å². The number of carbonyl (C=O) groups is 1. The minimum absolute atomic E-state index is 0.0797. The molecule has 7 heteroatoms. The van der Waals surface area contributed by atoms with Gasteiger partial charge in [0.25, 0.3) is 5.91 Å². The number of aryl methyl sites for hydroxylation is 1. The topological polar surface area (TPSA) is 93.4 Å². The van der Waals surface area contributed by atoms with Crippen LogP contribution in [0, 0.1) is 13.8 Å². The Kier molecular flexibility index (Phi) is 5.24. The number of aromatic nitrogens is 2. The molecule has 4 rings (SSSR count). The summed E-state index contributed by atoms with van der Waals surface area (Å²) in [5, 5.41) is 3.73. The molecular weight excluding hydrogens is 366 g/mol. The number of amides is 1. The second-order valence-electron chi connectivity index (χ2n) is 7.81. The number of primary amides is 1. The summed E-state index contributed by atoms with van der Waals surface area (Å²) in [6, 6.07) is 8.64. The number of anilines is 1. The zero-order chi connectivity index (χ0) is 20.5. The Morgan fingerprint density at radius 3 is 2.90 bits per heavy atom. The third kappa shape index (κ3) is 3.96. The maximum absolute atomic E-state index is 11.6. The lowest BCUT2D eigenvalue weighted by Gasteiger charge is -2.26. The quantitative estimate of drug-likeness (QED) is 0.809. The van der Waals surface area contributed by atoms with Crippen molar-refractivity contribution >= 4 is 17.8 Å². The van der Waals surface area contributed by atoms with Crippen molar-refractivity contribution in [1.29, 1.82) is 0 Å². The first-order valence-corrected chi connectivity index (χ1v) is 10.0. The van der Waals surface area contributed by atoms with Gasteiger partial charge in [0.2, 0.25) is 5.82 Å². The summed E-state index contributed by atoms with van der Waals surface area (Å²) in [5.74, 6) is 1.23. The average Bonchev–Trinajstić information content (AvgIpc) is 3.17. The Bertz CT molecular complexity index is 972. The van der Waals surface area contributed by atoms with Crippen molar-refractivity contribution in [2.45, 2.75) is 39.3 Å². The van der Waals surface area contributed by atoms with E-state index in [1.807, 2.05) is 32.0 Å². The van der Waals surface area contributed by atoms with Crippen molar-refractivity contribution in [2.75, 3.05) is 24.6 Å². The van der Waals surface area contributed by atoms with E-state index in [2.05, 4.69) is 39.3 Å². The number of nitrogens with zero attached hydrogens (tertiary/aromatic N) is 3. The van der Waals surface area contributed by atoms with Gasteiger partial charge in [0, 0.05) is 42.0 Å². The van der Waals surface area contributed by atoms with Gasteiger partial charge in [-0.15, -0.1) is 0 Å². The fraction of sp³-hybridized carbons (Fsp3) is 0.409. The molecule has 2 atom stereocenters. The van der Waals surface area contributed by atoms with E-state index in [-0.39, 0.29) is 11.9 Å². The van der Waals surface area contributed by atoms with Crippen molar-refractivity contribution in [3.05, 3.63) is 52.5 Å². The SMILES string of the molecule is Cc1nc(C(N)=O)nc(N2CC[C@@H](NC(C)C3=Cc4ccccc4OC3)C2)c1C. The van der Waals surface area contributed by atoms with Crippen LogP contribution in [0.4, 0.5) is 5.82 Å². The number of hydrogen-bond acceptors (Lipinski definition) is 6. The van der Waals surface area contributed by atoms with Gasteiger partial charge in [0.1, 0.15) is 18.2 Å². The predicted molar refractivity (Wildman–Crippen MR) is 113 cm³/mol. The molecule has 1 aromatic heterocycles. The zero-order valence-corrected chi connectivity index (χ0v) is 17.1. The van der Waals surface area contributed by atoms with Crippen LogP contribution in [-0.4, -0.2) is 47.7 Å². The number of nitrogens with two attached hydrogens (primary N) is 1. The van der Waals surface area contributed by atoms with Gasteiger partial charge in [-0.25, -0.2) is 9.97 Å². The third-order valence-corrected chi connectivity index (χ3v) is 5.77. The van der Waals surface area contributed by atoms with E-state index < -0.39 is 5.91 Å². The fourth-order valence-corrected chi connectivity index (χ4v) is 3.96. The van der Waals surface area contributed by atoms with Gasteiger partial charge in [-0.2, -0.15) is 0 Å². The summed E-state index contributed by atoms with van der Waals surface area (Å²) in [7, 11) is 0. The Labute approximate surface area is 171 Å². The van der Waals surface area contributed by atoms with E-state index in [4.69, 9.17) is 10.5 Å². The smallest absolute Gasteiger partial charge is 0.286 e. The Morgan fingerprint density at radius 2 is 2.10 bits per heavy atom. The summed E-state index contributed by atoms with van der Waals surface area (Å²) < 4.78 is 5.90. The number of rotatable bonds is 5. The molecule has 152 valence electrons. The normalized spacial score (nSPS) is 19.3. The largest absolute Gasteiger partial charge is 0.489 e. The molecule has 0 aliphatic carbocycles. The third-order valence-electron chi connectivity index (χ3n) is 5.77. The first-order chi connectivity index (χ1) is 13.9. The summed E-state index contributed by atoms with van der Waals surface area (Å²) in [4.78, 5) is 22.4. The predicted octanol–water partition coefficient (Wildman–Crippen LogP) is 2.23. The molecule has 3 heterocycles. The van der Waals surface area contributed by atoms with Crippen LogP contribution in [0.5, 0.6) is 5.75 Å². The molecule has 3 N–H and O–H groups in total. The minimum atomic E-state index is -0.596. The van der Waals surface area contributed by atoms with Crippen LogP contribution < -0.4 is 20.7 Å². The van der Waals surface area contributed by atoms with Gasteiger partial charge in [0.05, 0.1) is 0 Å². The maximum atomic E-state index is 11.6. The molecule has 1 fully saturated rings. The van der Waals surface area contributed by atoms with Gasteiger partial charge in [-0.3, -0.25) is 4.79 Å². The van der Waals surface area contributed by atoms with Gasteiger partial charge in [-0.1, -0.05) is 18.2 Å². The van der Waals surface area contributed by atoms with Crippen molar-refractivity contribution in [2.24, 2.45) is 5.73 Å². The summed E-state index contributed by atoms with van der Waals surface area (Å²) in [5.41, 5.74) is 9.54. The Balaban J connectivity index is 1.45. The zero-order valence-electron chi connectivity index (χ0n) is 17.1. The number of carbonyl (C=O) groups excluding carboxylic acids is 1. The maximum Gasteiger partial charge on any atom is 0.286 e. The standard InChI is InChI=1S/C22H27N5O2/c1-13-14(2)25-21(20(23)28)26-22(13)27-9-8-18(11-27)24-15(3)17-10-16-6-4-5-7-19(16)29-12-17/h4-7,10,15,18,24H,8-9,11-12H2,1-3H3,(H2,23,28)/t15?,18-/m1/s1. The van der Waals surface area contributed by atoms with Gasteiger partial charge >= 0.3 is 0 Å². The van der Waals surface area contributed by atoms with Gasteiger partial charge < -0.3 is 20.7 Å². The lowest BCUT2D eigenvalue weighted by Crippen LogP contribution is -2.41. The van der Waals surface area contributed by atoms with Crippen molar-refractivity contribution in [3.63, 3.8) is 0 Å². The molecule has 2 aliphatic heterocycles. The molecule has 0 radical (unpaired) electrons. The lowest BCUT2D eigenvalue weighted by atomic mass is 10.0. The van der Waals surface area contributed by atoms with Crippen molar-refractivity contribution < 1.29 is 9.53 Å². The molecule has 0 spiro atoms. The molecule has 29 heavy (non-hydrogen) atoms. The highest BCUT2D eigenvalue weighted by Crippen LogP contribution is 2.28. The van der Waals surface area contributed by atoms with E-state index in [1.165, 1.54) is 5.57 Å². The van der Waals surface area contributed by atoms with Crippen LogP contribution in [0.2, 0.25) is 0 Å². The molecule has 2 aromatic rings. The molecule has 1 saturated heterocycles. The highest BCUT2D eigenvalue weighted by molar-refractivity contribution is 5.89. The molecule has 7 nitrogen and oxygen atoms in total. The molecule has 1 amide bonds. The molecule has 1 unspecified atom stereocenters. The first kappa shape index (κ1) is 19.4. The number of ether oxygens (including phenoxy) is 1. The van der Waals surface area contributed by atoms with Gasteiger partial charge in [-0.05, 0) is 44.9 Å². The highest BCUT2D eigenvalue weighted by Gasteiger charge is 2.28. The second-order valence-corrected chi connectivity index (χ2v) is 7.81.